The number of fused-ring (bicyclic) bond motifs is 1. The van der Waals surface area contributed by atoms with E-state index in [9.17, 15) is 4.79 Å². The third-order valence-corrected chi connectivity index (χ3v) is 4.54. The molecule has 3 aromatic rings. The van der Waals surface area contributed by atoms with E-state index < -0.39 is 0 Å². The van der Waals surface area contributed by atoms with Crippen molar-refractivity contribution in [2.24, 2.45) is 0 Å². The monoisotopic (exact) mass is 335 g/mol. The molecule has 0 saturated heterocycles. The highest BCUT2D eigenvalue weighted by molar-refractivity contribution is 5.93. The second-order valence-corrected chi connectivity index (χ2v) is 6.70. The second-order valence-electron chi connectivity index (χ2n) is 6.70. The maximum atomic E-state index is 12.8. The van der Waals surface area contributed by atoms with E-state index in [-0.39, 0.29) is 12.5 Å². The highest BCUT2D eigenvalue weighted by Crippen LogP contribution is 2.27. The van der Waals surface area contributed by atoms with Gasteiger partial charge in [-0.15, -0.1) is 0 Å². The van der Waals surface area contributed by atoms with Gasteiger partial charge in [-0.2, -0.15) is 0 Å². The Hall–Kier alpha value is -2.62. The maximum absolute atomic E-state index is 12.8. The minimum Gasteiger partial charge on any atom is -0.324 e. The van der Waals surface area contributed by atoms with Gasteiger partial charge in [-0.25, -0.2) is 4.98 Å². The molecular weight excluding hydrogens is 310 g/mol. The van der Waals surface area contributed by atoms with E-state index in [1.807, 2.05) is 47.9 Å². The largest absolute Gasteiger partial charge is 0.324 e. The average molecular weight is 335 g/mol. The molecule has 25 heavy (non-hydrogen) atoms. The molecule has 1 aromatic heterocycles. The van der Waals surface area contributed by atoms with E-state index in [1.54, 1.807) is 0 Å². The number of anilines is 1. The van der Waals surface area contributed by atoms with Gasteiger partial charge < -0.3 is 9.88 Å². The second kappa shape index (κ2) is 7.09. The lowest BCUT2D eigenvalue weighted by atomic mass is 9.98. The third-order valence-electron chi connectivity index (χ3n) is 4.54. The molecule has 0 radical (unpaired) electrons. The van der Waals surface area contributed by atoms with Crippen LogP contribution in [0.4, 0.5) is 5.69 Å². The number of hydrogen-bond acceptors (Lipinski definition) is 2. The summed E-state index contributed by atoms with van der Waals surface area (Å²) < 4.78 is 2.01. The van der Waals surface area contributed by atoms with Crippen molar-refractivity contribution in [2.45, 2.75) is 46.6 Å². The van der Waals surface area contributed by atoms with Crippen LogP contribution in [0.1, 0.15) is 43.6 Å². The fourth-order valence-electron chi connectivity index (χ4n) is 3.24. The van der Waals surface area contributed by atoms with Crippen LogP contribution in [0.15, 0.2) is 42.5 Å². The fraction of sp³-hybridized carbons (Fsp3) is 0.333. The molecule has 1 heterocycles. The van der Waals surface area contributed by atoms with Crippen molar-refractivity contribution in [1.29, 1.82) is 0 Å². The molecule has 1 amide bonds. The molecule has 0 aliphatic heterocycles. The van der Waals surface area contributed by atoms with E-state index in [0.29, 0.717) is 5.92 Å². The number of nitrogens with zero attached hydrogens (tertiary/aromatic N) is 2. The van der Waals surface area contributed by atoms with Crippen molar-refractivity contribution in [1.82, 2.24) is 9.55 Å². The normalized spacial score (nSPS) is 11.2. The number of imidazole rings is 1. The quantitative estimate of drug-likeness (QED) is 0.736. The molecule has 0 aliphatic rings. The number of carbonyl (C=O) groups excluding carboxylic acids is 1. The Labute approximate surface area is 148 Å². The van der Waals surface area contributed by atoms with E-state index in [1.165, 1.54) is 5.56 Å². The number of aryl methyl sites for hydroxylation is 2. The molecule has 0 bridgehead atoms. The Morgan fingerprint density at radius 3 is 2.64 bits per heavy atom. The zero-order valence-corrected chi connectivity index (χ0v) is 15.3. The van der Waals surface area contributed by atoms with Gasteiger partial charge >= 0.3 is 0 Å². The van der Waals surface area contributed by atoms with E-state index in [4.69, 9.17) is 0 Å². The predicted molar refractivity (Wildman–Crippen MR) is 103 cm³/mol. The van der Waals surface area contributed by atoms with Crippen molar-refractivity contribution in [2.75, 3.05) is 5.32 Å². The molecule has 130 valence electrons. The lowest BCUT2D eigenvalue weighted by Gasteiger charge is -2.17. The van der Waals surface area contributed by atoms with Crippen molar-refractivity contribution in [3.63, 3.8) is 0 Å². The Morgan fingerprint density at radius 1 is 1.16 bits per heavy atom. The molecule has 0 spiro atoms. The minimum atomic E-state index is -0.0194. The fourth-order valence-corrected chi connectivity index (χ4v) is 3.24. The SMILES string of the molecule is CCc1nc2ccccc2n1CC(=O)Nc1c(C)cccc1C(C)C. The molecule has 0 aliphatic carbocycles. The Balaban J connectivity index is 1.90. The van der Waals surface area contributed by atoms with Crippen LogP contribution >= 0.6 is 0 Å². The first-order valence-corrected chi connectivity index (χ1v) is 8.84. The summed E-state index contributed by atoms with van der Waals surface area (Å²) in [6.45, 7) is 8.65. The molecule has 0 saturated carbocycles. The summed E-state index contributed by atoms with van der Waals surface area (Å²) in [6, 6.07) is 14.1. The zero-order valence-electron chi connectivity index (χ0n) is 15.3. The molecule has 0 atom stereocenters. The van der Waals surface area contributed by atoms with Crippen LogP contribution in [0.2, 0.25) is 0 Å². The number of hydrogen-bond donors (Lipinski definition) is 1. The van der Waals surface area contributed by atoms with Crippen LogP contribution in [0.3, 0.4) is 0 Å². The van der Waals surface area contributed by atoms with Crippen LogP contribution in [0.5, 0.6) is 0 Å². The van der Waals surface area contributed by atoms with Crippen molar-refractivity contribution < 1.29 is 4.79 Å². The number of para-hydroxylation sites is 3. The summed E-state index contributed by atoms with van der Waals surface area (Å²) in [7, 11) is 0. The standard InChI is InChI=1S/C21H25N3O/c1-5-19-22-17-11-6-7-12-18(17)24(19)13-20(25)23-21-15(4)9-8-10-16(21)14(2)3/h6-12,14H,5,13H2,1-4H3,(H,23,25). The molecule has 0 fully saturated rings. The molecular formula is C21H25N3O. The van der Waals surface area contributed by atoms with Gasteiger partial charge in [-0.3, -0.25) is 4.79 Å². The first kappa shape index (κ1) is 17.2. The Bertz CT molecular complexity index is 909. The van der Waals surface area contributed by atoms with Crippen LogP contribution in [0, 0.1) is 6.92 Å². The highest BCUT2D eigenvalue weighted by atomic mass is 16.1. The minimum absolute atomic E-state index is 0.0194. The lowest BCUT2D eigenvalue weighted by Crippen LogP contribution is -2.21. The molecule has 3 rings (SSSR count). The van der Waals surface area contributed by atoms with E-state index >= 15 is 0 Å². The number of amides is 1. The number of rotatable bonds is 5. The summed E-state index contributed by atoms with van der Waals surface area (Å²) in [6.07, 6.45) is 0.795. The third kappa shape index (κ3) is 3.43. The summed E-state index contributed by atoms with van der Waals surface area (Å²) in [5.74, 6) is 1.27. The summed E-state index contributed by atoms with van der Waals surface area (Å²) in [5, 5.41) is 3.13. The van der Waals surface area contributed by atoms with Crippen LogP contribution in [-0.2, 0) is 17.8 Å². The number of aromatic nitrogens is 2. The summed E-state index contributed by atoms with van der Waals surface area (Å²) in [4.78, 5) is 17.4. The van der Waals surface area contributed by atoms with Gasteiger partial charge in [-0.1, -0.05) is 51.1 Å². The van der Waals surface area contributed by atoms with Gasteiger partial charge in [0.25, 0.3) is 0 Å². The Morgan fingerprint density at radius 2 is 1.92 bits per heavy atom. The topological polar surface area (TPSA) is 46.9 Å². The van der Waals surface area contributed by atoms with E-state index in [2.05, 4.69) is 37.1 Å². The molecule has 4 heteroatoms. The number of nitrogens with one attached hydrogen (secondary N) is 1. The number of benzene rings is 2. The van der Waals surface area contributed by atoms with Gasteiger partial charge in [0.2, 0.25) is 5.91 Å². The van der Waals surface area contributed by atoms with Gasteiger partial charge in [0.1, 0.15) is 12.4 Å². The van der Waals surface area contributed by atoms with Gasteiger partial charge in [0.15, 0.2) is 0 Å². The lowest BCUT2D eigenvalue weighted by molar-refractivity contribution is -0.116. The van der Waals surface area contributed by atoms with Gasteiger partial charge in [-0.05, 0) is 36.1 Å². The number of carbonyl (C=O) groups is 1. The van der Waals surface area contributed by atoms with E-state index in [0.717, 1.165) is 34.5 Å². The molecule has 0 unspecified atom stereocenters. The average Bonchev–Trinajstić information content (AvgIpc) is 2.94. The van der Waals surface area contributed by atoms with Gasteiger partial charge in [0.05, 0.1) is 11.0 Å². The molecule has 4 nitrogen and oxygen atoms in total. The molecule has 1 N–H and O–H groups in total. The van der Waals surface area contributed by atoms with Crippen molar-refractivity contribution in [3.8, 4) is 0 Å². The van der Waals surface area contributed by atoms with Crippen LogP contribution in [-0.4, -0.2) is 15.5 Å². The predicted octanol–water partition coefficient (Wildman–Crippen LogP) is 4.67. The Kier molecular flexibility index (Phi) is 4.88. The summed E-state index contributed by atoms with van der Waals surface area (Å²) >= 11 is 0. The first-order valence-electron chi connectivity index (χ1n) is 8.84. The zero-order chi connectivity index (χ0) is 18.0. The van der Waals surface area contributed by atoms with Crippen LogP contribution < -0.4 is 5.32 Å². The first-order chi connectivity index (χ1) is 12.0. The summed E-state index contributed by atoms with van der Waals surface area (Å²) in [5.41, 5.74) is 5.13. The van der Waals surface area contributed by atoms with Crippen molar-refractivity contribution >= 4 is 22.6 Å². The smallest absolute Gasteiger partial charge is 0.244 e. The highest BCUT2D eigenvalue weighted by Gasteiger charge is 2.15. The molecule has 2 aromatic carbocycles. The van der Waals surface area contributed by atoms with Gasteiger partial charge in [0, 0.05) is 12.1 Å². The maximum Gasteiger partial charge on any atom is 0.244 e. The van der Waals surface area contributed by atoms with Crippen LogP contribution in [0.25, 0.3) is 11.0 Å². The van der Waals surface area contributed by atoms with Crippen molar-refractivity contribution in [3.05, 3.63) is 59.4 Å².